The summed E-state index contributed by atoms with van der Waals surface area (Å²) in [6.45, 7) is 4.53. The van der Waals surface area contributed by atoms with Crippen molar-refractivity contribution in [3.63, 3.8) is 0 Å². The molecule has 0 aliphatic carbocycles. The fraction of sp³-hybridized carbons (Fsp3) is 0.429. The van der Waals surface area contributed by atoms with Crippen molar-refractivity contribution in [1.82, 2.24) is 9.97 Å². The van der Waals surface area contributed by atoms with E-state index in [4.69, 9.17) is 15.5 Å². The highest BCUT2D eigenvalue weighted by atomic mass is 16.6. The van der Waals surface area contributed by atoms with E-state index in [0.29, 0.717) is 42.9 Å². The molecule has 5 heterocycles. The number of hydrogen-bond donors (Lipinski definition) is 1. The van der Waals surface area contributed by atoms with E-state index in [1.165, 1.54) is 4.90 Å². The zero-order valence-electron chi connectivity index (χ0n) is 16.9. The number of rotatable bonds is 4. The van der Waals surface area contributed by atoms with Crippen molar-refractivity contribution < 1.29 is 14.3 Å². The van der Waals surface area contributed by atoms with Gasteiger partial charge in [-0.15, -0.1) is 0 Å². The third-order valence-electron chi connectivity index (χ3n) is 6.06. The monoisotopic (exact) mass is 408 g/mol. The van der Waals surface area contributed by atoms with E-state index >= 15 is 0 Å². The lowest BCUT2D eigenvalue weighted by molar-refractivity contribution is 0.0996. The molecule has 156 valence electrons. The maximum Gasteiger partial charge on any atom is 0.415 e. The number of carbonyl (C=O) groups excluding carboxylic acids is 2. The van der Waals surface area contributed by atoms with Crippen molar-refractivity contribution in [3.05, 3.63) is 41.1 Å². The van der Waals surface area contributed by atoms with Crippen molar-refractivity contribution in [2.45, 2.75) is 38.9 Å². The maximum absolute atomic E-state index is 13.3. The van der Waals surface area contributed by atoms with Gasteiger partial charge in [-0.05, 0) is 38.0 Å². The number of nitrogens with zero attached hydrogens (tertiary/aromatic N) is 5. The lowest BCUT2D eigenvalue weighted by Gasteiger charge is -2.23. The predicted octanol–water partition coefficient (Wildman–Crippen LogP) is 2.04. The molecule has 5 rings (SSSR count). The number of cyclic esters (lactones) is 1. The lowest BCUT2D eigenvalue weighted by Crippen LogP contribution is -2.28. The van der Waals surface area contributed by atoms with Crippen molar-refractivity contribution in [3.8, 4) is 0 Å². The Balaban J connectivity index is 1.49. The molecule has 2 amide bonds. The SMILES string of the molecule is CC1CCCN1c1cc2c(c(CN)n1)CN(c1cccc(N3CCOC3=O)n1)C2=O. The quantitative estimate of drug-likeness (QED) is 0.825. The molecule has 2 N–H and O–H groups in total. The highest BCUT2D eigenvalue weighted by Crippen LogP contribution is 2.34. The first kappa shape index (κ1) is 18.8. The van der Waals surface area contributed by atoms with Crippen LogP contribution in [0.25, 0.3) is 0 Å². The molecule has 2 fully saturated rings. The van der Waals surface area contributed by atoms with Gasteiger partial charge in [-0.3, -0.25) is 14.6 Å². The van der Waals surface area contributed by atoms with Crippen molar-refractivity contribution in [1.29, 1.82) is 0 Å². The van der Waals surface area contributed by atoms with E-state index in [1.54, 1.807) is 23.1 Å². The van der Waals surface area contributed by atoms with Crippen LogP contribution in [0.3, 0.4) is 0 Å². The molecule has 0 spiro atoms. The molecule has 3 aliphatic rings. The van der Waals surface area contributed by atoms with E-state index in [9.17, 15) is 9.59 Å². The van der Waals surface area contributed by atoms with Crippen LogP contribution in [0.15, 0.2) is 24.3 Å². The molecular formula is C21H24N6O3. The summed E-state index contributed by atoms with van der Waals surface area (Å²) < 4.78 is 5.00. The normalized spacial score (nSPS) is 20.9. The first-order valence-electron chi connectivity index (χ1n) is 10.3. The second-order valence-corrected chi connectivity index (χ2v) is 7.85. The lowest BCUT2D eigenvalue weighted by atomic mass is 10.1. The van der Waals surface area contributed by atoms with Crippen LogP contribution in [0.5, 0.6) is 0 Å². The molecule has 0 saturated carbocycles. The first-order chi connectivity index (χ1) is 14.6. The number of anilines is 3. The van der Waals surface area contributed by atoms with Crippen LogP contribution in [0.4, 0.5) is 22.2 Å². The summed E-state index contributed by atoms with van der Waals surface area (Å²) in [6, 6.07) is 7.59. The standard InChI is InChI=1S/C21H24N6O3/c1-13-4-3-7-25(13)19-10-14-15(16(11-22)23-19)12-27(20(14)28)18-6-2-5-17(24-18)26-8-9-30-21(26)29/h2,5-6,10,13H,3-4,7-9,11-12,22H2,1H3. The van der Waals surface area contributed by atoms with Gasteiger partial charge in [0.1, 0.15) is 24.1 Å². The van der Waals surface area contributed by atoms with Crippen molar-refractivity contribution >= 4 is 29.5 Å². The van der Waals surface area contributed by atoms with E-state index < -0.39 is 6.09 Å². The number of aromatic nitrogens is 2. The average molecular weight is 408 g/mol. The van der Waals surface area contributed by atoms with Gasteiger partial charge >= 0.3 is 6.09 Å². The summed E-state index contributed by atoms with van der Waals surface area (Å²) in [4.78, 5) is 39.9. The summed E-state index contributed by atoms with van der Waals surface area (Å²) >= 11 is 0. The Morgan fingerprint density at radius 3 is 2.60 bits per heavy atom. The van der Waals surface area contributed by atoms with Crippen molar-refractivity contribution in [2.24, 2.45) is 5.73 Å². The Bertz CT molecular complexity index is 1030. The average Bonchev–Trinajstić information content (AvgIpc) is 3.46. The third-order valence-corrected chi connectivity index (χ3v) is 6.06. The molecule has 9 nitrogen and oxygen atoms in total. The molecule has 30 heavy (non-hydrogen) atoms. The largest absolute Gasteiger partial charge is 0.447 e. The molecule has 0 radical (unpaired) electrons. The molecule has 1 atom stereocenters. The van der Waals surface area contributed by atoms with Gasteiger partial charge in [0.2, 0.25) is 0 Å². The molecule has 0 aromatic carbocycles. The van der Waals surface area contributed by atoms with Gasteiger partial charge in [-0.1, -0.05) is 6.07 Å². The molecule has 0 bridgehead atoms. The highest BCUT2D eigenvalue weighted by Gasteiger charge is 2.34. The number of fused-ring (bicyclic) bond motifs is 1. The van der Waals surface area contributed by atoms with Crippen LogP contribution in [-0.4, -0.2) is 47.7 Å². The van der Waals surface area contributed by atoms with Gasteiger partial charge in [0.05, 0.1) is 24.3 Å². The number of ether oxygens (including phenoxy) is 1. The Hall–Kier alpha value is -3.20. The Morgan fingerprint density at radius 2 is 1.93 bits per heavy atom. The summed E-state index contributed by atoms with van der Waals surface area (Å²) in [6.07, 6.45) is 1.81. The maximum atomic E-state index is 13.3. The Morgan fingerprint density at radius 1 is 1.13 bits per heavy atom. The fourth-order valence-corrected chi connectivity index (χ4v) is 4.44. The minimum atomic E-state index is -0.422. The van der Waals surface area contributed by atoms with Gasteiger partial charge in [-0.2, -0.15) is 0 Å². The first-order valence-corrected chi connectivity index (χ1v) is 10.3. The van der Waals surface area contributed by atoms with Crippen LogP contribution < -0.4 is 20.4 Å². The molecule has 1 unspecified atom stereocenters. The predicted molar refractivity (Wildman–Crippen MR) is 112 cm³/mol. The smallest absolute Gasteiger partial charge is 0.415 e. The minimum absolute atomic E-state index is 0.121. The van der Waals surface area contributed by atoms with E-state index in [-0.39, 0.29) is 12.5 Å². The molecule has 2 aromatic rings. The minimum Gasteiger partial charge on any atom is -0.447 e. The van der Waals surface area contributed by atoms with Gasteiger partial charge in [0.25, 0.3) is 5.91 Å². The fourth-order valence-electron chi connectivity index (χ4n) is 4.44. The molecular weight excluding hydrogens is 384 g/mol. The molecule has 3 aliphatic heterocycles. The van der Waals surface area contributed by atoms with Gasteiger partial charge in [0.15, 0.2) is 0 Å². The van der Waals surface area contributed by atoms with Crippen LogP contribution in [0, 0.1) is 0 Å². The molecule has 2 saturated heterocycles. The number of amides is 2. The van der Waals surface area contributed by atoms with Crippen LogP contribution in [0.1, 0.15) is 41.4 Å². The number of hydrogen-bond acceptors (Lipinski definition) is 7. The van der Waals surface area contributed by atoms with Gasteiger partial charge in [-0.25, -0.2) is 14.8 Å². The van der Waals surface area contributed by atoms with E-state index in [2.05, 4.69) is 16.8 Å². The second-order valence-electron chi connectivity index (χ2n) is 7.85. The highest BCUT2D eigenvalue weighted by molar-refractivity contribution is 6.10. The Labute approximate surface area is 174 Å². The van der Waals surface area contributed by atoms with E-state index in [0.717, 1.165) is 36.5 Å². The number of pyridine rings is 2. The number of carbonyl (C=O) groups is 2. The van der Waals surface area contributed by atoms with Gasteiger partial charge < -0.3 is 15.4 Å². The van der Waals surface area contributed by atoms with Crippen LogP contribution in [0.2, 0.25) is 0 Å². The third kappa shape index (κ3) is 2.97. The zero-order valence-corrected chi connectivity index (χ0v) is 16.9. The van der Waals surface area contributed by atoms with Crippen LogP contribution >= 0.6 is 0 Å². The zero-order chi connectivity index (χ0) is 20.8. The topological polar surface area (TPSA) is 105 Å². The van der Waals surface area contributed by atoms with Crippen LogP contribution in [-0.2, 0) is 17.8 Å². The summed E-state index contributed by atoms with van der Waals surface area (Å²) in [5, 5.41) is 0. The molecule has 9 heteroatoms. The second kappa shape index (κ2) is 7.24. The van der Waals surface area contributed by atoms with E-state index in [1.807, 2.05) is 6.07 Å². The number of nitrogens with two attached hydrogens (primary N) is 1. The summed E-state index contributed by atoms with van der Waals surface area (Å²) in [5.41, 5.74) is 8.22. The molecule has 2 aromatic heterocycles. The Kier molecular flexibility index (Phi) is 4.54. The van der Waals surface area contributed by atoms with Gasteiger partial charge in [0, 0.05) is 24.7 Å². The van der Waals surface area contributed by atoms with Crippen molar-refractivity contribution in [2.75, 3.05) is 34.4 Å². The summed E-state index contributed by atoms with van der Waals surface area (Å²) in [5.74, 6) is 1.66. The summed E-state index contributed by atoms with van der Waals surface area (Å²) in [7, 11) is 0.